The summed E-state index contributed by atoms with van der Waals surface area (Å²) in [5, 5.41) is 19.7. The molecule has 0 spiro atoms. The predicted molar refractivity (Wildman–Crippen MR) is 139 cm³/mol. The van der Waals surface area contributed by atoms with E-state index in [2.05, 4.69) is 15.1 Å². The molecule has 38 heavy (non-hydrogen) atoms. The van der Waals surface area contributed by atoms with Crippen molar-refractivity contribution in [2.24, 2.45) is 0 Å². The number of carbonyl (C=O) groups is 3. The summed E-state index contributed by atoms with van der Waals surface area (Å²) in [6.07, 6.45) is -0.698. The smallest absolute Gasteiger partial charge is 0.414 e. The second kappa shape index (κ2) is 12.3. The molecule has 2 amide bonds. The maximum atomic E-state index is 12.5. The molecule has 4 rings (SSSR count). The van der Waals surface area contributed by atoms with E-state index >= 15 is 0 Å². The van der Waals surface area contributed by atoms with Gasteiger partial charge >= 0.3 is 12.1 Å². The Kier molecular flexibility index (Phi) is 8.68. The molecule has 1 unspecified atom stereocenters. The van der Waals surface area contributed by atoms with Gasteiger partial charge in [0.1, 0.15) is 11.9 Å². The van der Waals surface area contributed by atoms with Crippen molar-refractivity contribution in [3.63, 3.8) is 0 Å². The van der Waals surface area contributed by atoms with E-state index in [-0.39, 0.29) is 17.9 Å². The monoisotopic (exact) mass is 518 g/mol. The average molecular weight is 519 g/mol. The summed E-state index contributed by atoms with van der Waals surface area (Å²) in [5.74, 6) is -0.734. The number of ether oxygens (including phenoxy) is 2. The zero-order valence-electron chi connectivity index (χ0n) is 21.2. The van der Waals surface area contributed by atoms with Crippen LogP contribution in [0.2, 0.25) is 0 Å². The molecule has 0 radical (unpaired) electrons. The second-order valence-corrected chi connectivity index (χ2v) is 9.06. The van der Waals surface area contributed by atoms with Crippen molar-refractivity contribution in [1.29, 1.82) is 10.7 Å². The molecule has 0 bridgehead atoms. The van der Waals surface area contributed by atoms with Crippen LogP contribution in [-0.2, 0) is 14.3 Å². The number of hydrogen-bond acceptors (Lipinski definition) is 9. The lowest BCUT2D eigenvalue weighted by atomic mass is 10.1. The molecular formula is C27H30N6O5. The van der Waals surface area contributed by atoms with Crippen LogP contribution in [0.3, 0.4) is 0 Å². The lowest BCUT2D eigenvalue weighted by molar-refractivity contribution is -0.144. The number of nitrogens with one attached hydrogen (secondary N) is 2. The van der Waals surface area contributed by atoms with Crippen molar-refractivity contribution in [3.05, 3.63) is 65.2 Å². The molecule has 11 nitrogen and oxygen atoms in total. The molecule has 1 atom stereocenters. The van der Waals surface area contributed by atoms with Gasteiger partial charge in [0.2, 0.25) is 0 Å². The highest BCUT2D eigenvalue weighted by Gasteiger charge is 2.34. The Bertz CT molecular complexity index is 1220. The molecule has 2 N–H and O–H groups in total. The van der Waals surface area contributed by atoms with Crippen LogP contribution in [0.1, 0.15) is 28.4 Å². The van der Waals surface area contributed by atoms with E-state index in [1.165, 1.54) is 12.1 Å². The highest BCUT2D eigenvalue weighted by molar-refractivity contribution is 6.11. The van der Waals surface area contributed by atoms with E-state index in [1.807, 2.05) is 6.07 Å². The highest BCUT2D eigenvalue weighted by Crippen LogP contribution is 2.23. The number of anilines is 1. The SMILES string of the molecule is CCOC(=O)CN1CCN(CC2CN(c3ccc(C(=N)NC(=O)c4ccc(C#N)cc4)cc3)C(=O)O2)CC1. The molecule has 2 saturated heterocycles. The molecule has 0 aliphatic carbocycles. The van der Waals surface area contributed by atoms with E-state index in [9.17, 15) is 14.4 Å². The summed E-state index contributed by atoms with van der Waals surface area (Å²) in [6.45, 7) is 6.54. The first-order valence-corrected chi connectivity index (χ1v) is 12.4. The van der Waals surface area contributed by atoms with Crippen molar-refractivity contribution < 1.29 is 23.9 Å². The van der Waals surface area contributed by atoms with Gasteiger partial charge in [0, 0.05) is 49.5 Å². The van der Waals surface area contributed by atoms with E-state index in [0.29, 0.717) is 48.6 Å². The van der Waals surface area contributed by atoms with Crippen LogP contribution >= 0.6 is 0 Å². The number of piperazine rings is 1. The van der Waals surface area contributed by atoms with E-state index in [0.717, 1.165) is 26.2 Å². The Morgan fingerprint density at radius 3 is 2.32 bits per heavy atom. The summed E-state index contributed by atoms with van der Waals surface area (Å²) in [7, 11) is 0. The highest BCUT2D eigenvalue weighted by atomic mass is 16.6. The van der Waals surface area contributed by atoms with Crippen molar-refractivity contribution in [2.75, 3.05) is 57.3 Å². The minimum atomic E-state index is -0.448. The molecule has 2 aromatic rings. The molecule has 0 saturated carbocycles. The van der Waals surface area contributed by atoms with Gasteiger partial charge in [-0.15, -0.1) is 0 Å². The van der Waals surface area contributed by atoms with Crippen molar-refractivity contribution in [1.82, 2.24) is 15.1 Å². The number of nitriles is 1. The van der Waals surface area contributed by atoms with E-state index < -0.39 is 12.0 Å². The van der Waals surface area contributed by atoms with Crippen LogP contribution in [0, 0.1) is 16.7 Å². The summed E-state index contributed by atoms with van der Waals surface area (Å²) in [6, 6.07) is 14.9. The van der Waals surface area contributed by atoms with Gasteiger partial charge in [-0.1, -0.05) is 0 Å². The van der Waals surface area contributed by atoms with Gasteiger partial charge in [0.25, 0.3) is 5.91 Å². The Balaban J connectivity index is 1.26. The first kappa shape index (κ1) is 26.8. The number of amides is 2. The maximum absolute atomic E-state index is 12.5. The Labute approximate surface area is 221 Å². The van der Waals surface area contributed by atoms with Gasteiger partial charge in [-0.3, -0.25) is 29.7 Å². The number of nitrogens with zero attached hydrogens (tertiary/aromatic N) is 4. The van der Waals surface area contributed by atoms with Crippen LogP contribution in [0.15, 0.2) is 48.5 Å². The molecule has 2 aliphatic heterocycles. The van der Waals surface area contributed by atoms with Gasteiger partial charge in [-0.05, 0) is 55.5 Å². The standard InChI is InChI=1S/C27H30N6O5/c1-2-37-24(34)18-32-13-11-31(12-14-32)16-23-17-33(27(36)38-23)22-9-7-20(8-10-22)25(29)30-26(35)21-5-3-19(15-28)4-6-21/h3-10,23H,2,11-14,16-18H2,1H3,(H2,29,30,35). The van der Waals surface area contributed by atoms with Crippen molar-refractivity contribution in [2.45, 2.75) is 13.0 Å². The summed E-state index contributed by atoms with van der Waals surface area (Å²) >= 11 is 0. The molecule has 2 aromatic carbocycles. The predicted octanol–water partition coefficient (Wildman–Crippen LogP) is 1.82. The van der Waals surface area contributed by atoms with Crippen molar-refractivity contribution >= 4 is 29.5 Å². The van der Waals surface area contributed by atoms with E-state index in [4.69, 9.17) is 20.1 Å². The maximum Gasteiger partial charge on any atom is 0.414 e. The molecule has 2 heterocycles. The largest absolute Gasteiger partial charge is 0.465 e. The topological polar surface area (TPSA) is 139 Å². The summed E-state index contributed by atoms with van der Waals surface area (Å²) < 4.78 is 10.6. The van der Waals surface area contributed by atoms with Gasteiger partial charge in [-0.2, -0.15) is 5.26 Å². The zero-order chi connectivity index (χ0) is 27.1. The van der Waals surface area contributed by atoms with Gasteiger partial charge in [-0.25, -0.2) is 4.79 Å². The minimum absolute atomic E-state index is 0.0742. The number of esters is 1. The van der Waals surface area contributed by atoms with E-state index in [1.54, 1.807) is 48.2 Å². The third-order valence-corrected chi connectivity index (χ3v) is 6.44. The number of amidine groups is 1. The molecule has 198 valence electrons. The average Bonchev–Trinajstić information content (AvgIpc) is 3.29. The van der Waals surface area contributed by atoms with Crippen molar-refractivity contribution in [3.8, 4) is 6.07 Å². The summed E-state index contributed by atoms with van der Waals surface area (Å²) in [5.41, 5.74) is 1.92. The number of benzene rings is 2. The number of hydrogen-bond donors (Lipinski definition) is 2. The molecular weight excluding hydrogens is 488 g/mol. The molecule has 0 aromatic heterocycles. The quantitative estimate of drug-likeness (QED) is 0.307. The molecule has 11 heteroatoms. The zero-order valence-corrected chi connectivity index (χ0v) is 21.2. The third-order valence-electron chi connectivity index (χ3n) is 6.44. The van der Waals surface area contributed by atoms with Gasteiger partial charge in [0.15, 0.2) is 0 Å². The van der Waals surface area contributed by atoms with Crippen LogP contribution in [0.4, 0.5) is 10.5 Å². The van der Waals surface area contributed by atoms with Crippen LogP contribution in [0.25, 0.3) is 0 Å². The Morgan fingerprint density at radius 2 is 1.68 bits per heavy atom. The Hall–Kier alpha value is -4.27. The van der Waals surface area contributed by atoms with Crippen LogP contribution in [0.5, 0.6) is 0 Å². The lowest BCUT2D eigenvalue weighted by Crippen LogP contribution is -2.50. The number of cyclic esters (lactones) is 1. The molecule has 2 aliphatic rings. The first-order chi connectivity index (χ1) is 18.4. The lowest BCUT2D eigenvalue weighted by Gasteiger charge is -2.34. The fourth-order valence-electron chi connectivity index (χ4n) is 4.40. The number of carbonyl (C=O) groups excluding carboxylic acids is 3. The normalized spacial score (nSPS) is 17.9. The third kappa shape index (κ3) is 6.73. The first-order valence-electron chi connectivity index (χ1n) is 12.4. The van der Waals surface area contributed by atoms with Crippen LogP contribution in [-0.4, -0.2) is 92.1 Å². The Morgan fingerprint density at radius 1 is 1.05 bits per heavy atom. The fourth-order valence-corrected chi connectivity index (χ4v) is 4.40. The second-order valence-electron chi connectivity index (χ2n) is 9.06. The molecule has 2 fully saturated rings. The minimum Gasteiger partial charge on any atom is -0.465 e. The fraction of sp³-hybridized carbons (Fsp3) is 0.370. The van der Waals surface area contributed by atoms with Crippen LogP contribution < -0.4 is 10.2 Å². The van der Waals surface area contributed by atoms with Gasteiger partial charge in [0.05, 0.1) is 31.3 Å². The number of rotatable bonds is 8. The summed E-state index contributed by atoms with van der Waals surface area (Å²) in [4.78, 5) is 42.5. The van der Waals surface area contributed by atoms with Gasteiger partial charge < -0.3 is 14.8 Å².